The minimum Gasteiger partial charge on any atom is -0.463 e. The smallest absolute Gasteiger partial charge is 0.302 e. The number of unbranched alkanes of at least 4 members (excludes halogenated alkanes) is 1. The summed E-state index contributed by atoms with van der Waals surface area (Å²) in [4.78, 5) is 17.0. The number of fused-ring (bicyclic) bond motifs is 5. The van der Waals surface area contributed by atoms with Gasteiger partial charge in [-0.15, -0.1) is 0 Å². The standard InChI is InChI=1S/C34H53NO5/c1-7-8-19-38-35-23(3)28-12-13-29-27-11-10-25-20-26(15-17-33(25,5)30(27)16-18-34(28,29)6)39-32-14-9-22(2)31(40-32)21-37-24(4)36/h9-10,14,22,26-32H,7-8,11-13,15-21H2,1-6H3/b35-23+/t22-,26-,27?,28+,29?,30?,31+,32?,33-,34+/m0/s1. The molecule has 6 nitrogen and oxygen atoms in total. The lowest BCUT2D eigenvalue weighted by atomic mass is 9.47. The molecule has 10 atom stereocenters. The summed E-state index contributed by atoms with van der Waals surface area (Å²) in [5, 5.41) is 4.60. The van der Waals surface area contributed by atoms with Gasteiger partial charge in [0.15, 0.2) is 6.29 Å². The van der Waals surface area contributed by atoms with Gasteiger partial charge in [-0.2, -0.15) is 0 Å². The van der Waals surface area contributed by atoms with Crippen molar-refractivity contribution in [3.05, 3.63) is 23.8 Å². The highest BCUT2D eigenvalue weighted by molar-refractivity contribution is 5.85. The minimum absolute atomic E-state index is 0.161. The molecule has 0 saturated heterocycles. The van der Waals surface area contributed by atoms with Crippen LogP contribution in [0.4, 0.5) is 0 Å². The van der Waals surface area contributed by atoms with Crippen LogP contribution in [0.1, 0.15) is 106 Å². The molecule has 0 aromatic carbocycles. The highest BCUT2D eigenvalue weighted by Crippen LogP contribution is 2.66. The van der Waals surface area contributed by atoms with Crippen LogP contribution in [-0.2, 0) is 23.8 Å². The van der Waals surface area contributed by atoms with Crippen molar-refractivity contribution in [1.82, 2.24) is 0 Å². The van der Waals surface area contributed by atoms with Gasteiger partial charge >= 0.3 is 5.97 Å². The molecule has 5 aliphatic rings. The topological polar surface area (TPSA) is 66.3 Å². The maximum atomic E-state index is 11.3. The number of ether oxygens (including phenoxy) is 3. The first-order chi connectivity index (χ1) is 19.2. The summed E-state index contributed by atoms with van der Waals surface area (Å²) in [6.07, 6.45) is 18.3. The van der Waals surface area contributed by atoms with Gasteiger partial charge in [0.25, 0.3) is 0 Å². The fraction of sp³-hybridized carbons (Fsp3) is 0.824. The predicted molar refractivity (Wildman–Crippen MR) is 158 cm³/mol. The van der Waals surface area contributed by atoms with E-state index >= 15 is 0 Å². The van der Waals surface area contributed by atoms with Crippen molar-refractivity contribution in [3.8, 4) is 0 Å². The van der Waals surface area contributed by atoms with Crippen LogP contribution in [0.5, 0.6) is 0 Å². The van der Waals surface area contributed by atoms with E-state index in [9.17, 15) is 4.79 Å². The van der Waals surface area contributed by atoms with Crippen LogP contribution in [0.15, 0.2) is 29.0 Å². The number of esters is 1. The average molecular weight is 556 g/mol. The second kappa shape index (κ2) is 12.3. The highest BCUT2D eigenvalue weighted by Gasteiger charge is 2.59. The van der Waals surface area contributed by atoms with Gasteiger partial charge in [-0.05, 0) is 99.4 Å². The van der Waals surface area contributed by atoms with Crippen LogP contribution in [0.2, 0.25) is 0 Å². The summed E-state index contributed by atoms with van der Waals surface area (Å²) >= 11 is 0. The Morgan fingerprint density at radius 2 is 1.93 bits per heavy atom. The first kappa shape index (κ1) is 29.8. The van der Waals surface area contributed by atoms with Gasteiger partial charge in [0.05, 0.1) is 11.8 Å². The molecule has 0 bridgehead atoms. The molecule has 0 spiro atoms. The number of oxime groups is 1. The first-order valence-corrected chi connectivity index (χ1v) is 16.1. The zero-order chi connectivity index (χ0) is 28.5. The predicted octanol–water partition coefficient (Wildman–Crippen LogP) is 7.62. The van der Waals surface area contributed by atoms with Crippen molar-refractivity contribution in [2.24, 2.45) is 45.6 Å². The third kappa shape index (κ3) is 5.82. The summed E-state index contributed by atoms with van der Waals surface area (Å²) in [6.45, 7) is 14.1. The molecule has 3 fully saturated rings. The Balaban J connectivity index is 1.22. The van der Waals surface area contributed by atoms with Gasteiger partial charge in [0.1, 0.15) is 19.3 Å². The van der Waals surface area contributed by atoms with Crippen LogP contribution < -0.4 is 0 Å². The van der Waals surface area contributed by atoms with Crippen LogP contribution in [0.25, 0.3) is 0 Å². The molecular weight excluding hydrogens is 502 g/mol. The number of carbonyl (C=O) groups is 1. The van der Waals surface area contributed by atoms with Crippen LogP contribution >= 0.6 is 0 Å². The summed E-state index contributed by atoms with van der Waals surface area (Å²) < 4.78 is 17.9. The molecule has 1 heterocycles. The number of hydrogen-bond donors (Lipinski definition) is 0. The number of allylic oxidation sites excluding steroid dienone is 1. The van der Waals surface area contributed by atoms with Gasteiger partial charge in [-0.25, -0.2) is 0 Å². The van der Waals surface area contributed by atoms with E-state index in [2.05, 4.69) is 51.9 Å². The lowest BCUT2D eigenvalue weighted by Gasteiger charge is -2.58. The molecule has 0 amide bonds. The third-order valence-corrected chi connectivity index (χ3v) is 11.6. The zero-order valence-electron chi connectivity index (χ0n) is 25.8. The second-order valence-electron chi connectivity index (χ2n) is 13.9. The van der Waals surface area contributed by atoms with E-state index in [0.717, 1.165) is 50.0 Å². The fourth-order valence-electron chi connectivity index (χ4n) is 9.24. The summed E-state index contributed by atoms with van der Waals surface area (Å²) in [5.74, 6) is 2.80. The van der Waals surface area contributed by atoms with Gasteiger partial charge < -0.3 is 19.0 Å². The Morgan fingerprint density at radius 1 is 1.10 bits per heavy atom. The molecule has 1 aliphatic heterocycles. The number of rotatable bonds is 9. The van der Waals surface area contributed by atoms with Gasteiger partial charge in [-0.1, -0.05) is 57.0 Å². The van der Waals surface area contributed by atoms with Crippen molar-refractivity contribution >= 4 is 11.7 Å². The van der Waals surface area contributed by atoms with Crippen LogP contribution in [0, 0.1) is 40.4 Å². The molecule has 6 heteroatoms. The SMILES string of the molecule is CCCCO/N=C(\C)[C@H]1CCC2C3CC=C4C[C@@H](OC5C=C[C@H](C)[C@@H](COC(C)=O)O5)CC[C@]4(C)C3CC[C@@]21C. The average Bonchev–Trinajstić information content (AvgIpc) is 3.28. The Labute approximate surface area is 242 Å². The molecule has 40 heavy (non-hydrogen) atoms. The molecule has 0 aromatic rings. The maximum Gasteiger partial charge on any atom is 0.302 e. The molecule has 4 unspecified atom stereocenters. The van der Waals surface area contributed by atoms with Crippen molar-refractivity contribution in [3.63, 3.8) is 0 Å². The Kier molecular flexibility index (Phi) is 9.16. The van der Waals surface area contributed by atoms with E-state index in [1.807, 2.05) is 6.08 Å². The monoisotopic (exact) mass is 555 g/mol. The zero-order valence-corrected chi connectivity index (χ0v) is 25.8. The van der Waals surface area contributed by atoms with E-state index in [-0.39, 0.29) is 42.4 Å². The normalized spacial score (nSPS) is 42.9. The van der Waals surface area contributed by atoms with Crippen LogP contribution in [0.3, 0.4) is 0 Å². The third-order valence-electron chi connectivity index (χ3n) is 11.6. The summed E-state index contributed by atoms with van der Waals surface area (Å²) in [7, 11) is 0. The lowest BCUT2D eigenvalue weighted by molar-refractivity contribution is -0.199. The fourth-order valence-corrected chi connectivity index (χ4v) is 9.24. The van der Waals surface area contributed by atoms with Crippen molar-refractivity contribution in [2.45, 2.75) is 124 Å². The number of carbonyl (C=O) groups excluding carboxylic acids is 1. The van der Waals surface area contributed by atoms with E-state index in [0.29, 0.717) is 11.3 Å². The van der Waals surface area contributed by atoms with Crippen molar-refractivity contribution < 1.29 is 23.8 Å². The summed E-state index contributed by atoms with van der Waals surface area (Å²) in [6, 6.07) is 0. The van der Waals surface area contributed by atoms with Crippen molar-refractivity contribution in [2.75, 3.05) is 13.2 Å². The molecule has 0 N–H and O–H groups in total. The minimum atomic E-state index is -0.371. The van der Waals surface area contributed by atoms with Gasteiger partial charge in [0, 0.05) is 18.8 Å². The molecule has 3 saturated carbocycles. The van der Waals surface area contributed by atoms with Gasteiger partial charge in [0.2, 0.25) is 0 Å². The van der Waals surface area contributed by atoms with E-state index in [1.54, 1.807) is 5.57 Å². The first-order valence-electron chi connectivity index (χ1n) is 16.1. The molecule has 5 rings (SSSR count). The second-order valence-corrected chi connectivity index (χ2v) is 13.9. The Hall–Kier alpha value is -1.66. The lowest BCUT2D eigenvalue weighted by Crippen LogP contribution is -2.51. The maximum absolute atomic E-state index is 11.3. The molecule has 0 radical (unpaired) electrons. The number of nitrogens with zero attached hydrogens (tertiary/aromatic N) is 1. The Morgan fingerprint density at radius 3 is 2.70 bits per heavy atom. The van der Waals surface area contributed by atoms with Gasteiger partial charge in [-0.3, -0.25) is 4.79 Å². The molecular formula is C34H53NO5. The van der Waals surface area contributed by atoms with E-state index < -0.39 is 0 Å². The molecule has 0 aromatic heterocycles. The van der Waals surface area contributed by atoms with Crippen LogP contribution in [-0.4, -0.2) is 43.4 Å². The quantitative estimate of drug-likeness (QED) is 0.0962. The molecule has 4 aliphatic carbocycles. The summed E-state index contributed by atoms with van der Waals surface area (Å²) in [5.41, 5.74) is 3.47. The number of hydrogen-bond acceptors (Lipinski definition) is 6. The van der Waals surface area contributed by atoms with E-state index in [4.69, 9.17) is 19.0 Å². The Bertz CT molecular complexity index is 1000. The van der Waals surface area contributed by atoms with Crippen molar-refractivity contribution in [1.29, 1.82) is 0 Å². The van der Waals surface area contributed by atoms with E-state index in [1.165, 1.54) is 51.2 Å². The molecule has 224 valence electrons. The highest BCUT2D eigenvalue weighted by atomic mass is 16.7. The largest absolute Gasteiger partial charge is 0.463 e.